The molecule has 0 aliphatic heterocycles. The summed E-state index contributed by atoms with van der Waals surface area (Å²) in [5.74, 6) is -0.00486. The van der Waals surface area contributed by atoms with Gasteiger partial charge in [-0.25, -0.2) is 0 Å². The van der Waals surface area contributed by atoms with Gasteiger partial charge >= 0.3 is 6.18 Å². The SMILES string of the molecule is CCCN(CCCC(C#N)(c1ccccc1C(F)(F)F)C1CCC1)Cc1ccccc1. The van der Waals surface area contributed by atoms with E-state index in [2.05, 4.69) is 30.0 Å². The molecule has 1 aliphatic rings. The first-order valence-corrected chi connectivity index (χ1v) is 11.2. The van der Waals surface area contributed by atoms with Gasteiger partial charge in [0, 0.05) is 6.54 Å². The van der Waals surface area contributed by atoms with Gasteiger partial charge in [0.1, 0.15) is 0 Å². The highest BCUT2D eigenvalue weighted by atomic mass is 19.4. The van der Waals surface area contributed by atoms with Crippen LogP contribution in [0.5, 0.6) is 0 Å². The molecule has 1 saturated carbocycles. The topological polar surface area (TPSA) is 27.0 Å². The van der Waals surface area contributed by atoms with Crippen LogP contribution in [0.4, 0.5) is 13.2 Å². The summed E-state index contributed by atoms with van der Waals surface area (Å²) in [5.41, 5.74) is -0.337. The van der Waals surface area contributed by atoms with Gasteiger partial charge in [-0.2, -0.15) is 18.4 Å². The van der Waals surface area contributed by atoms with Gasteiger partial charge in [0.2, 0.25) is 0 Å². The Morgan fingerprint density at radius 2 is 1.61 bits per heavy atom. The Bertz CT molecular complexity index is 868. The van der Waals surface area contributed by atoms with E-state index in [-0.39, 0.29) is 11.5 Å². The monoisotopic (exact) mass is 428 g/mol. The van der Waals surface area contributed by atoms with Crippen molar-refractivity contribution in [1.29, 1.82) is 5.26 Å². The summed E-state index contributed by atoms with van der Waals surface area (Å²) in [6.07, 6.45) is 0.336. The molecule has 2 aromatic carbocycles. The van der Waals surface area contributed by atoms with Crippen molar-refractivity contribution in [1.82, 2.24) is 4.90 Å². The number of halogens is 3. The Morgan fingerprint density at radius 3 is 2.16 bits per heavy atom. The second-order valence-electron chi connectivity index (χ2n) is 8.62. The molecule has 31 heavy (non-hydrogen) atoms. The van der Waals surface area contributed by atoms with Crippen LogP contribution < -0.4 is 0 Å². The molecule has 0 N–H and O–H groups in total. The number of hydrogen-bond acceptors (Lipinski definition) is 2. The largest absolute Gasteiger partial charge is 0.416 e. The van der Waals surface area contributed by atoms with E-state index in [0.29, 0.717) is 12.8 Å². The lowest BCUT2D eigenvalue weighted by Gasteiger charge is -2.42. The summed E-state index contributed by atoms with van der Waals surface area (Å²) in [4.78, 5) is 2.34. The molecular weight excluding hydrogens is 397 g/mol. The smallest absolute Gasteiger partial charge is 0.299 e. The van der Waals surface area contributed by atoms with Gasteiger partial charge in [-0.15, -0.1) is 0 Å². The molecule has 0 bridgehead atoms. The van der Waals surface area contributed by atoms with Gasteiger partial charge in [-0.3, -0.25) is 4.90 Å². The summed E-state index contributed by atoms with van der Waals surface area (Å²) >= 11 is 0. The molecule has 5 heteroatoms. The van der Waals surface area contributed by atoms with Crippen LogP contribution in [0.15, 0.2) is 54.6 Å². The number of rotatable bonds is 10. The summed E-state index contributed by atoms with van der Waals surface area (Å²) in [5, 5.41) is 10.2. The molecule has 1 atom stereocenters. The fraction of sp³-hybridized carbons (Fsp3) is 0.500. The van der Waals surface area contributed by atoms with E-state index in [1.165, 1.54) is 17.7 Å². The Labute approximate surface area is 183 Å². The van der Waals surface area contributed by atoms with Gasteiger partial charge in [-0.1, -0.05) is 61.9 Å². The summed E-state index contributed by atoms with van der Waals surface area (Å²) < 4.78 is 41.3. The molecule has 0 heterocycles. The van der Waals surface area contributed by atoms with Crippen molar-refractivity contribution in [2.24, 2.45) is 5.92 Å². The minimum Gasteiger partial charge on any atom is -0.299 e. The van der Waals surface area contributed by atoms with Crippen LogP contribution in [0, 0.1) is 17.2 Å². The van der Waals surface area contributed by atoms with Crippen molar-refractivity contribution in [3.63, 3.8) is 0 Å². The van der Waals surface area contributed by atoms with Crippen LogP contribution in [0.1, 0.15) is 62.1 Å². The Hall–Kier alpha value is -2.32. The third-order valence-electron chi connectivity index (χ3n) is 6.55. The minimum atomic E-state index is -4.45. The van der Waals surface area contributed by atoms with Crippen LogP contribution in [0.3, 0.4) is 0 Å². The van der Waals surface area contributed by atoms with Crippen molar-refractivity contribution in [2.45, 2.75) is 63.6 Å². The van der Waals surface area contributed by atoms with Gasteiger partial charge in [0.25, 0.3) is 0 Å². The number of hydrogen-bond donors (Lipinski definition) is 0. The van der Waals surface area contributed by atoms with Gasteiger partial charge in [-0.05, 0) is 68.3 Å². The predicted octanol–water partition coefficient (Wildman–Crippen LogP) is 6.96. The van der Waals surface area contributed by atoms with E-state index in [0.717, 1.165) is 51.4 Å². The molecule has 0 spiro atoms. The molecule has 1 fully saturated rings. The lowest BCUT2D eigenvalue weighted by atomic mass is 9.60. The molecule has 2 nitrogen and oxygen atoms in total. The molecule has 1 aliphatic carbocycles. The normalized spacial score (nSPS) is 16.5. The van der Waals surface area contributed by atoms with Crippen molar-refractivity contribution in [3.05, 3.63) is 71.3 Å². The zero-order valence-corrected chi connectivity index (χ0v) is 18.2. The van der Waals surface area contributed by atoms with Crippen molar-refractivity contribution >= 4 is 0 Å². The van der Waals surface area contributed by atoms with Crippen LogP contribution in [0.2, 0.25) is 0 Å². The number of alkyl halides is 3. The molecule has 1 unspecified atom stereocenters. The second-order valence-corrected chi connectivity index (χ2v) is 8.62. The lowest BCUT2D eigenvalue weighted by Crippen LogP contribution is -2.40. The zero-order chi connectivity index (χ0) is 22.3. The third-order valence-corrected chi connectivity index (χ3v) is 6.55. The van der Waals surface area contributed by atoms with Crippen LogP contribution >= 0.6 is 0 Å². The fourth-order valence-corrected chi connectivity index (χ4v) is 4.80. The number of benzene rings is 2. The highest BCUT2D eigenvalue weighted by Gasteiger charge is 2.48. The third kappa shape index (κ3) is 5.49. The van der Waals surface area contributed by atoms with E-state index in [1.807, 2.05) is 18.2 Å². The first-order valence-electron chi connectivity index (χ1n) is 11.2. The fourth-order valence-electron chi connectivity index (χ4n) is 4.80. The van der Waals surface area contributed by atoms with Crippen LogP contribution in [0.25, 0.3) is 0 Å². The molecule has 0 saturated heterocycles. The average Bonchev–Trinajstić information content (AvgIpc) is 2.72. The molecule has 0 aromatic heterocycles. The Kier molecular flexibility index (Phi) is 7.78. The number of nitriles is 1. The molecule has 3 rings (SSSR count). The maximum atomic E-state index is 13.8. The van der Waals surface area contributed by atoms with E-state index >= 15 is 0 Å². The molecular formula is C26H31F3N2. The van der Waals surface area contributed by atoms with Gasteiger partial charge in [0.15, 0.2) is 0 Å². The standard InChI is InChI=1S/C26H31F3N2/c1-2-17-31(19-21-10-4-3-5-11-21)18-9-16-25(20-30,22-12-8-13-22)23-14-6-7-15-24(23)26(27,28)29/h3-7,10-11,14-15,22H,2,8-9,12-13,16-19H2,1H3. The summed E-state index contributed by atoms with van der Waals surface area (Å²) in [7, 11) is 0. The van der Waals surface area contributed by atoms with E-state index in [1.54, 1.807) is 6.07 Å². The average molecular weight is 429 g/mol. The first kappa shape index (κ1) is 23.3. The quantitative estimate of drug-likeness (QED) is 0.409. The summed E-state index contributed by atoms with van der Waals surface area (Å²) in [6.45, 7) is 4.65. The van der Waals surface area contributed by atoms with Crippen molar-refractivity contribution in [3.8, 4) is 6.07 Å². The maximum absolute atomic E-state index is 13.8. The molecule has 0 radical (unpaired) electrons. The van der Waals surface area contributed by atoms with Crippen LogP contribution in [-0.4, -0.2) is 18.0 Å². The van der Waals surface area contributed by atoms with Gasteiger partial charge < -0.3 is 0 Å². The first-order chi connectivity index (χ1) is 14.9. The van der Waals surface area contributed by atoms with E-state index < -0.39 is 17.2 Å². The number of nitrogens with zero attached hydrogens (tertiary/aromatic N) is 2. The Morgan fingerprint density at radius 1 is 0.968 bits per heavy atom. The minimum absolute atomic E-state index is 0.00486. The van der Waals surface area contributed by atoms with Crippen molar-refractivity contribution in [2.75, 3.05) is 13.1 Å². The van der Waals surface area contributed by atoms with E-state index in [4.69, 9.17) is 0 Å². The Balaban J connectivity index is 1.80. The lowest BCUT2D eigenvalue weighted by molar-refractivity contribution is -0.139. The highest BCUT2D eigenvalue weighted by molar-refractivity contribution is 5.42. The van der Waals surface area contributed by atoms with Gasteiger partial charge in [0.05, 0.1) is 17.0 Å². The second kappa shape index (κ2) is 10.3. The summed E-state index contributed by atoms with van der Waals surface area (Å²) in [6, 6.07) is 18.3. The highest BCUT2D eigenvalue weighted by Crippen LogP contribution is 2.50. The van der Waals surface area contributed by atoms with E-state index in [9.17, 15) is 18.4 Å². The molecule has 166 valence electrons. The van der Waals surface area contributed by atoms with Crippen LogP contribution in [-0.2, 0) is 18.1 Å². The van der Waals surface area contributed by atoms with Crippen molar-refractivity contribution < 1.29 is 13.2 Å². The zero-order valence-electron chi connectivity index (χ0n) is 18.2. The predicted molar refractivity (Wildman–Crippen MR) is 117 cm³/mol. The molecule has 0 amide bonds. The molecule has 2 aromatic rings. The maximum Gasteiger partial charge on any atom is 0.416 e.